The van der Waals surface area contributed by atoms with E-state index in [1.54, 1.807) is 13.2 Å². The molecule has 1 atom stereocenters. The van der Waals surface area contributed by atoms with Crippen LogP contribution in [0.1, 0.15) is 18.4 Å². The number of hydrogen-bond donors (Lipinski definition) is 2. The van der Waals surface area contributed by atoms with Crippen molar-refractivity contribution in [2.75, 3.05) is 26.7 Å². The van der Waals surface area contributed by atoms with E-state index in [-0.39, 0.29) is 5.91 Å². The molecule has 1 unspecified atom stereocenters. The van der Waals surface area contributed by atoms with E-state index in [1.165, 1.54) is 6.42 Å². The van der Waals surface area contributed by atoms with Crippen molar-refractivity contribution in [3.63, 3.8) is 0 Å². The highest BCUT2D eigenvalue weighted by molar-refractivity contribution is 5.91. The smallest absolute Gasteiger partial charge is 0.243 e. The molecule has 1 aliphatic heterocycles. The Kier molecular flexibility index (Phi) is 5.62. The minimum atomic E-state index is -0.0354. The van der Waals surface area contributed by atoms with E-state index < -0.39 is 0 Å². The second kappa shape index (κ2) is 7.70. The van der Waals surface area contributed by atoms with Crippen LogP contribution in [0, 0.1) is 5.92 Å². The molecule has 0 aliphatic carbocycles. The summed E-state index contributed by atoms with van der Waals surface area (Å²) in [6, 6.07) is 7.61. The van der Waals surface area contributed by atoms with E-state index in [1.807, 2.05) is 30.3 Å². The highest BCUT2D eigenvalue weighted by atomic mass is 16.5. The molecule has 1 aliphatic rings. The average molecular weight is 274 g/mol. The molecule has 4 heteroatoms. The zero-order valence-electron chi connectivity index (χ0n) is 11.9. The van der Waals surface area contributed by atoms with Gasteiger partial charge in [0.1, 0.15) is 5.75 Å². The van der Waals surface area contributed by atoms with Crippen LogP contribution in [0.2, 0.25) is 0 Å². The van der Waals surface area contributed by atoms with Crippen LogP contribution in [-0.2, 0) is 4.79 Å². The van der Waals surface area contributed by atoms with Gasteiger partial charge in [0, 0.05) is 12.6 Å². The Morgan fingerprint density at radius 2 is 2.25 bits per heavy atom. The Balaban J connectivity index is 1.70. The molecule has 1 heterocycles. The Labute approximate surface area is 120 Å². The third-order valence-corrected chi connectivity index (χ3v) is 3.56. The van der Waals surface area contributed by atoms with Gasteiger partial charge in [-0.25, -0.2) is 0 Å². The van der Waals surface area contributed by atoms with Gasteiger partial charge in [-0.15, -0.1) is 0 Å². The lowest BCUT2D eigenvalue weighted by atomic mass is 10.1. The van der Waals surface area contributed by atoms with Crippen LogP contribution in [0.4, 0.5) is 0 Å². The molecule has 2 rings (SSSR count). The summed E-state index contributed by atoms with van der Waals surface area (Å²) in [6.07, 6.45) is 5.66. The van der Waals surface area contributed by atoms with E-state index in [0.717, 1.165) is 37.4 Å². The standard InChI is InChI=1S/C16H22N2O2/c1-20-15-5-2-13(3-6-15)4-7-16(19)18-11-9-14-8-10-17-12-14/h2-7,14,17H,8-12H2,1H3,(H,18,19). The van der Waals surface area contributed by atoms with Crippen molar-refractivity contribution in [2.24, 2.45) is 5.92 Å². The van der Waals surface area contributed by atoms with Gasteiger partial charge in [-0.1, -0.05) is 12.1 Å². The molecule has 0 aromatic heterocycles. The Morgan fingerprint density at radius 1 is 1.45 bits per heavy atom. The number of nitrogens with one attached hydrogen (secondary N) is 2. The Bertz CT molecular complexity index is 448. The molecule has 0 bridgehead atoms. The summed E-state index contributed by atoms with van der Waals surface area (Å²) in [7, 11) is 1.64. The molecule has 1 aromatic carbocycles. The van der Waals surface area contributed by atoms with Crippen molar-refractivity contribution in [1.82, 2.24) is 10.6 Å². The summed E-state index contributed by atoms with van der Waals surface area (Å²) in [4.78, 5) is 11.7. The summed E-state index contributed by atoms with van der Waals surface area (Å²) >= 11 is 0. The molecule has 0 spiro atoms. The quantitative estimate of drug-likeness (QED) is 0.778. The normalized spacial score (nSPS) is 18.4. The van der Waals surface area contributed by atoms with Gasteiger partial charge in [0.15, 0.2) is 0 Å². The molecule has 20 heavy (non-hydrogen) atoms. The van der Waals surface area contributed by atoms with Crippen LogP contribution < -0.4 is 15.4 Å². The van der Waals surface area contributed by atoms with Gasteiger partial charge in [-0.3, -0.25) is 4.79 Å². The second-order valence-electron chi connectivity index (χ2n) is 5.05. The molecular weight excluding hydrogens is 252 g/mol. The number of methoxy groups -OCH3 is 1. The molecule has 0 saturated carbocycles. The van der Waals surface area contributed by atoms with Gasteiger partial charge in [0.05, 0.1) is 7.11 Å². The first-order chi connectivity index (χ1) is 9.78. The maximum Gasteiger partial charge on any atom is 0.243 e. The molecule has 1 fully saturated rings. The lowest BCUT2D eigenvalue weighted by molar-refractivity contribution is -0.116. The number of hydrogen-bond acceptors (Lipinski definition) is 3. The molecular formula is C16H22N2O2. The van der Waals surface area contributed by atoms with Crippen molar-refractivity contribution in [1.29, 1.82) is 0 Å². The van der Waals surface area contributed by atoms with Crippen molar-refractivity contribution < 1.29 is 9.53 Å². The molecule has 0 radical (unpaired) electrons. The van der Waals surface area contributed by atoms with E-state index >= 15 is 0 Å². The monoisotopic (exact) mass is 274 g/mol. The third-order valence-electron chi connectivity index (χ3n) is 3.56. The molecule has 1 saturated heterocycles. The van der Waals surface area contributed by atoms with Crippen LogP contribution in [-0.4, -0.2) is 32.7 Å². The van der Waals surface area contributed by atoms with Gasteiger partial charge in [0.25, 0.3) is 0 Å². The first-order valence-corrected chi connectivity index (χ1v) is 7.08. The van der Waals surface area contributed by atoms with Crippen molar-refractivity contribution >= 4 is 12.0 Å². The zero-order chi connectivity index (χ0) is 14.2. The molecule has 1 amide bonds. The first-order valence-electron chi connectivity index (χ1n) is 7.08. The van der Waals surface area contributed by atoms with E-state index in [9.17, 15) is 4.79 Å². The second-order valence-corrected chi connectivity index (χ2v) is 5.05. The fourth-order valence-electron chi connectivity index (χ4n) is 2.31. The summed E-state index contributed by atoms with van der Waals surface area (Å²) in [5.74, 6) is 1.49. The van der Waals surface area contributed by atoms with Crippen LogP contribution >= 0.6 is 0 Å². The van der Waals surface area contributed by atoms with E-state index in [4.69, 9.17) is 4.74 Å². The van der Waals surface area contributed by atoms with E-state index in [2.05, 4.69) is 10.6 Å². The summed E-state index contributed by atoms with van der Waals surface area (Å²) < 4.78 is 5.09. The Hall–Kier alpha value is -1.81. The largest absolute Gasteiger partial charge is 0.497 e. The first kappa shape index (κ1) is 14.6. The van der Waals surface area contributed by atoms with Crippen molar-refractivity contribution in [2.45, 2.75) is 12.8 Å². The predicted molar refractivity (Wildman–Crippen MR) is 80.6 cm³/mol. The summed E-state index contributed by atoms with van der Waals surface area (Å²) in [5.41, 5.74) is 0.987. The van der Waals surface area contributed by atoms with Gasteiger partial charge in [-0.05, 0) is 55.6 Å². The predicted octanol–water partition coefficient (Wildman–Crippen LogP) is 1.82. The van der Waals surface area contributed by atoms with Crippen LogP contribution in [0.5, 0.6) is 5.75 Å². The molecule has 1 aromatic rings. The molecule has 4 nitrogen and oxygen atoms in total. The highest BCUT2D eigenvalue weighted by Gasteiger charge is 2.13. The minimum Gasteiger partial charge on any atom is -0.497 e. The summed E-state index contributed by atoms with van der Waals surface area (Å²) in [5, 5.41) is 6.25. The van der Waals surface area contributed by atoms with Crippen LogP contribution in [0.15, 0.2) is 30.3 Å². The topological polar surface area (TPSA) is 50.4 Å². The lowest BCUT2D eigenvalue weighted by Gasteiger charge is -2.07. The molecule has 108 valence electrons. The van der Waals surface area contributed by atoms with Crippen molar-refractivity contribution in [3.05, 3.63) is 35.9 Å². The summed E-state index contributed by atoms with van der Waals surface area (Å²) in [6.45, 7) is 2.94. The fraction of sp³-hybridized carbons (Fsp3) is 0.438. The number of rotatable bonds is 6. The Morgan fingerprint density at radius 3 is 2.90 bits per heavy atom. The number of carbonyl (C=O) groups excluding carboxylic acids is 1. The van der Waals surface area contributed by atoms with E-state index in [0.29, 0.717) is 5.92 Å². The highest BCUT2D eigenvalue weighted by Crippen LogP contribution is 2.12. The number of ether oxygens (including phenoxy) is 1. The van der Waals surface area contributed by atoms with Crippen molar-refractivity contribution in [3.8, 4) is 5.75 Å². The maximum atomic E-state index is 11.7. The van der Waals surface area contributed by atoms with Crippen LogP contribution in [0.25, 0.3) is 6.08 Å². The SMILES string of the molecule is COc1ccc(C=CC(=O)NCCC2CCNC2)cc1. The zero-order valence-corrected chi connectivity index (χ0v) is 11.9. The number of benzene rings is 1. The maximum absolute atomic E-state index is 11.7. The lowest BCUT2D eigenvalue weighted by Crippen LogP contribution is -2.24. The average Bonchev–Trinajstić information content (AvgIpc) is 2.99. The van der Waals surface area contributed by atoms with Gasteiger partial charge in [-0.2, -0.15) is 0 Å². The number of amides is 1. The van der Waals surface area contributed by atoms with Gasteiger partial charge < -0.3 is 15.4 Å². The molecule has 2 N–H and O–H groups in total. The fourth-order valence-corrected chi connectivity index (χ4v) is 2.31. The number of carbonyl (C=O) groups is 1. The third kappa shape index (κ3) is 4.70. The van der Waals surface area contributed by atoms with Gasteiger partial charge >= 0.3 is 0 Å². The van der Waals surface area contributed by atoms with Gasteiger partial charge in [0.2, 0.25) is 5.91 Å². The van der Waals surface area contributed by atoms with Crippen LogP contribution in [0.3, 0.4) is 0 Å². The minimum absolute atomic E-state index is 0.0354.